The van der Waals surface area contributed by atoms with Crippen LogP contribution >= 0.6 is 0 Å². The molecule has 1 aliphatic carbocycles. The summed E-state index contributed by atoms with van der Waals surface area (Å²) in [5, 5.41) is 3.14. The number of sulfonamides is 1. The minimum Gasteiger partial charge on any atom is -0.380 e. The van der Waals surface area contributed by atoms with E-state index in [2.05, 4.69) is 43.4 Å². The highest BCUT2D eigenvalue weighted by Crippen LogP contribution is 2.28. The molecule has 2 heterocycles. The van der Waals surface area contributed by atoms with E-state index >= 15 is 0 Å². The van der Waals surface area contributed by atoms with Crippen LogP contribution in [-0.2, 0) is 14.8 Å². The Morgan fingerprint density at radius 3 is 2.61 bits per heavy atom. The minimum atomic E-state index is -3.59. The second kappa shape index (κ2) is 9.98. The molecule has 1 aliphatic rings. The molecule has 0 aliphatic heterocycles. The first-order valence-corrected chi connectivity index (χ1v) is 12.6. The number of aryl methyl sites for hydroxylation is 1. The Balaban J connectivity index is 1.39. The van der Waals surface area contributed by atoms with Gasteiger partial charge in [0.15, 0.2) is 0 Å². The van der Waals surface area contributed by atoms with E-state index in [1.807, 2.05) is 19.2 Å². The van der Waals surface area contributed by atoms with Crippen molar-refractivity contribution in [2.24, 2.45) is 5.92 Å². The molecule has 3 aromatic rings. The molecule has 10 heteroatoms. The predicted octanol–water partition coefficient (Wildman–Crippen LogP) is 3.68. The molecular weight excluding hydrogens is 440 g/mol. The number of aromatic nitrogens is 4. The Labute approximate surface area is 194 Å². The molecular formula is C23H30N6O3S. The Morgan fingerprint density at radius 1 is 1.15 bits per heavy atom. The van der Waals surface area contributed by atoms with Crippen LogP contribution in [0.2, 0.25) is 0 Å². The van der Waals surface area contributed by atoms with Crippen molar-refractivity contribution in [2.45, 2.75) is 44.6 Å². The third-order valence-electron chi connectivity index (χ3n) is 5.43. The van der Waals surface area contributed by atoms with E-state index < -0.39 is 10.0 Å². The van der Waals surface area contributed by atoms with Crippen LogP contribution in [0.3, 0.4) is 0 Å². The quantitative estimate of drug-likeness (QED) is 0.411. The maximum absolute atomic E-state index is 12.5. The summed E-state index contributed by atoms with van der Waals surface area (Å²) in [6.07, 6.45) is 5.92. The second-order valence-electron chi connectivity index (χ2n) is 8.49. The number of rotatable bonds is 11. The smallest absolute Gasteiger partial charge is 0.240 e. The molecule has 0 amide bonds. The lowest BCUT2D eigenvalue weighted by molar-refractivity contribution is 0.129. The Kier molecular flexibility index (Phi) is 7.06. The van der Waals surface area contributed by atoms with Crippen LogP contribution in [0.4, 0.5) is 11.6 Å². The van der Waals surface area contributed by atoms with E-state index in [4.69, 9.17) is 4.74 Å². The number of ether oxygens (including phenoxy) is 1. The molecule has 0 unspecified atom stereocenters. The van der Waals surface area contributed by atoms with Crippen LogP contribution in [0.15, 0.2) is 47.6 Å². The largest absolute Gasteiger partial charge is 0.380 e. The first-order chi connectivity index (χ1) is 15.8. The van der Waals surface area contributed by atoms with Crippen molar-refractivity contribution in [2.75, 3.05) is 25.1 Å². The van der Waals surface area contributed by atoms with Crippen molar-refractivity contribution in [1.29, 1.82) is 0 Å². The summed E-state index contributed by atoms with van der Waals surface area (Å²) in [7, 11) is -3.59. The van der Waals surface area contributed by atoms with Crippen molar-refractivity contribution >= 4 is 21.7 Å². The summed E-state index contributed by atoms with van der Waals surface area (Å²) in [5.41, 5.74) is 2.36. The second-order valence-corrected chi connectivity index (χ2v) is 10.3. The van der Waals surface area contributed by atoms with Crippen molar-refractivity contribution in [1.82, 2.24) is 24.2 Å². The zero-order chi connectivity index (χ0) is 23.4. The number of nitrogens with zero attached hydrogens (tertiary/aromatic N) is 4. The van der Waals surface area contributed by atoms with E-state index in [0.717, 1.165) is 17.2 Å². The lowest BCUT2D eigenvalue weighted by Gasteiger charge is -2.14. The Hall–Kier alpha value is -2.82. The summed E-state index contributed by atoms with van der Waals surface area (Å²) >= 11 is 0. The molecule has 33 heavy (non-hydrogen) atoms. The highest BCUT2D eigenvalue weighted by molar-refractivity contribution is 7.89. The molecule has 2 N–H and O–H groups in total. The highest BCUT2D eigenvalue weighted by atomic mass is 32.2. The van der Waals surface area contributed by atoms with Crippen molar-refractivity contribution in [3.63, 3.8) is 0 Å². The third kappa shape index (κ3) is 5.95. The van der Waals surface area contributed by atoms with Gasteiger partial charge in [0, 0.05) is 31.1 Å². The molecule has 0 atom stereocenters. The van der Waals surface area contributed by atoms with Crippen LogP contribution in [0.25, 0.3) is 11.4 Å². The SMILES string of the molecule is Cc1ncc(-c2ccnc(Nc3ccc(S(=O)(=O)NCCOCC4CC4)cc3)n2)n1C(C)C. The monoisotopic (exact) mass is 470 g/mol. The molecule has 0 saturated heterocycles. The van der Waals surface area contributed by atoms with Gasteiger partial charge in [0.05, 0.1) is 29.1 Å². The maximum Gasteiger partial charge on any atom is 0.240 e. The zero-order valence-electron chi connectivity index (χ0n) is 19.2. The first kappa shape index (κ1) is 23.3. The molecule has 1 fully saturated rings. The van der Waals surface area contributed by atoms with Gasteiger partial charge in [-0.3, -0.25) is 0 Å². The van der Waals surface area contributed by atoms with E-state index in [1.165, 1.54) is 12.8 Å². The van der Waals surface area contributed by atoms with E-state index in [-0.39, 0.29) is 17.5 Å². The van der Waals surface area contributed by atoms with E-state index in [1.54, 1.807) is 30.5 Å². The molecule has 0 radical (unpaired) electrons. The highest BCUT2D eigenvalue weighted by Gasteiger charge is 2.21. The van der Waals surface area contributed by atoms with Gasteiger partial charge in [-0.15, -0.1) is 0 Å². The molecule has 2 aromatic heterocycles. The van der Waals surface area contributed by atoms with E-state index in [0.29, 0.717) is 30.8 Å². The maximum atomic E-state index is 12.5. The van der Waals surface area contributed by atoms with Crippen LogP contribution in [-0.4, -0.2) is 47.7 Å². The normalized spacial score (nSPS) is 14.1. The first-order valence-electron chi connectivity index (χ1n) is 11.2. The van der Waals surface area contributed by atoms with Gasteiger partial charge in [0.1, 0.15) is 5.82 Å². The molecule has 0 bridgehead atoms. The standard InChI is InChI=1S/C23H30N6O3S/c1-16(2)29-17(3)25-14-22(29)21-10-11-24-23(28-21)27-19-6-8-20(9-7-19)33(30,31)26-12-13-32-15-18-4-5-18/h6-11,14,16,18,26H,4-5,12-13,15H2,1-3H3,(H,24,27,28). The summed E-state index contributed by atoms with van der Waals surface area (Å²) < 4.78 is 35.1. The fourth-order valence-corrected chi connectivity index (χ4v) is 4.58. The molecule has 0 spiro atoms. The van der Waals surface area contributed by atoms with Gasteiger partial charge in [-0.2, -0.15) is 0 Å². The van der Waals surface area contributed by atoms with Gasteiger partial charge >= 0.3 is 0 Å². The molecule has 9 nitrogen and oxygen atoms in total. The molecule has 1 aromatic carbocycles. The molecule has 4 rings (SSSR count). The van der Waals surface area contributed by atoms with Crippen molar-refractivity contribution < 1.29 is 13.2 Å². The van der Waals surface area contributed by atoms with Crippen LogP contribution < -0.4 is 10.0 Å². The number of imidazole rings is 1. The lowest BCUT2D eigenvalue weighted by atomic mass is 10.2. The fraction of sp³-hybridized carbons (Fsp3) is 0.435. The number of hydrogen-bond acceptors (Lipinski definition) is 7. The van der Waals surface area contributed by atoms with Gasteiger partial charge in [-0.25, -0.2) is 28.1 Å². The predicted molar refractivity (Wildman–Crippen MR) is 127 cm³/mol. The van der Waals surface area contributed by atoms with Gasteiger partial charge in [-0.1, -0.05) is 0 Å². The van der Waals surface area contributed by atoms with Gasteiger partial charge in [0.25, 0.3) is 0 Å². The average molecular weight is 471 g/mol. The molecule has 1 saturated carbocycles. The van der Waals surface area contributed by atoms with Crippen LogP contribution in [0, 0.1) is 12.8 Å². The summed E-state index contributed by atoms with van der Waals surface area (Å²) in [6.45, 7) is 7.51. The topological polar surface area (TPSA) is 111 Å². The Morgan fingerprint density at radius 2 is 1.91 bits per heavy atom. The van der Waals surface area contributed by atoms with Crippen LogP contribution in [0.1, 0.15) is 38.6 Å². The van der Waals surface area contributed by atoms with Crippen LogP contribution in [0.5, 0.6) is 0 Å². The number of hydrogen-bond donors (Lipinski definition) is 2. The lowest BCUT2D eigenvalue weighted by Crippen LogP contribution is -2.27. The van der Waals surface area contributed by atoms with Crippen molar-refractivity contribution in [3.05, 3.63) is 48.5 Å². The molecule has 176 valence electrons. The minimum absolute atomic E-state index is 0.196. The fourth-order valence-electron chi connectivity index (χ4n) is 3.57. The summed E-state index contributed by atoms with van der Waals surface area (Å²) in [5.74, 6) is 2.00. The third-order valence-corrected chi connectivity index (χ3v) is 6.90. The van der Waals surface area contributed by atoms with E-state index in [9.17, 15) is 8.42 Å². The number of nitrogens with one attached hydrogen (secondary N) is 2. The zero-order valence-corrected chi connectivity index (χ0v) is 20.0. The summed E-state index contributed by atoms with van der Waals surface area (Å²) in [6, 6.07) is 8.58. The van der Waals surface area contributed by atoms with Gasteiger partial charge in [-0.05, 0) is 69.9 Å². The van der Waals surface area contributed by atoms with Gasteiger partial charge < -0.3 is 14.6 Å². The average Bonchev–Trinajstić information content (AvgIpc) is 3.53. The van der Waals surface area contributed by atoms with Gasteiger partial charge in [0.2, 0.25) is 16.0 Å². The summed E-state index contributed by atoms with van der Waals surface area (Å²) in [4.78, 5) is 13.5. The number of anilines is 2. The Bertz CT molecular complexity index is 1190. The van der Waals surface area contributed by atoms with Crippen molar-refractivity contribution in [3.8, 4) is 11.4 Å². The number of benzene rings is 1.